The molecule has 0 bridgehead atoms. The minimum atomic E-state index is 0.515. The molecule has 128 valence electrons. The van der Waals surface area contributed by atoms with E-state index < -0.39 is 0 Å². The van der Waals surface area contributed by atoms with Gasteiger partial charge in [0.2, 0.25) is 11.7 Å². The third-order valence-corrected chi connectivity index (χ3v) is 6.34. The molecule has 1 fully saturated rings. The van der Waals surface area contributed by atoms with Crippen molar-refractivity contribution in [2.45, 2.75) is 31.8 Å². The van der Waals surface area contributed by atoms with Crippen molar-refractivity contribution in [3.63, 3.8) is 0 Å². The Kier molecular flexibility index (Phi) is 3.88. The Labute approximate surface area is 155 Å². The number of aromatic nitrogens is 2. The molecule has 0 saturated heterocycles. The Morgan fingerprint density at radius 2 is 2.04 bits per heavy atom. The monoisotopic (exact) mass is 371 g/mol. The molecule has 25 heavy (non-hydrogen) atoms. The molecular formula is C19H18ClN3OS. The lowest BCUT2D eigenvalue weighted by Crippen LogP contribution is -2.35. The van der Waals surface area contributed by atoms with Crippen LogP contribution in [-0.4, -0.2) is 21.6 Å². The van der Waals surface area contributed by atoms with Gasteiger partial charge < -0.3 is 4.52 Å². The lowest BCUT2D eigenvalue weighted by Gasteiger charge is -2.35. The first-order valence-electron chi connectivity index (χ1n) is 8.67. The highest BCUT2D eigenvalue weighted by Gasteiger charge is 2.40. The number of rotatable bonds is 4. The maximum absolute atomic E-state index is 5.95. The molecule has 1 aliphatic carbocycles. The van der Waals surface area contributed by atoms with Crippen molar-refractivity contribution in [1.82, 2.24) is 15.0 Å². The highest BCUT2D eigenvalue weighted by molar-refractivity contribution is 7.10. The van der Waals surface area contributed by atoms with Gasteiger partial charge in [-0.2, -0.15) is 4.98 Å². The molecule has 0 radical (unpaired) electrons. The quantitative estimate of drug-likeness (QED) is 0.650. The van der Waals surface area contributed by atoms with Crippen LogP contribution in [-0.2, 0) is 13.0 Å². The fraction of sp³-hybridized carbons (Fsp3) is 0.368. The van der Waals surface area contributed by atoms with Crippen LogP contribution in [0.3, 0.4) is 0 Å². The molecule has 0 spiro atoms. The van der Waals surface area contributed by atoms with Crippen LogP contribution in [0.2, 0.25) is 5.02 Å². The number of fused-ring (bicyclic) bond motifs is 1. The van der Waals surface area contributed by atoms with Gasteiger partial charge in [-0.05, 0) is 66.5 Å². The predicted octanol–water partition coefficient (Wildman–Crippen LogP) is 4.96. The first kappa shape index (κ1) is 15.6. The van der Waals surface area contributed by atoms with Crippen molar-refractivity contribution >= 4 is 22.9 Å². The van der Waals surface area contributed by atoms with E-state index in [-0.39, 0.29) is 0 Å². The first-order valence-corrected chi connectivity index (χ1v) is 9.92. The van der Waals surface area contributed by atoms with Gasteiger partial charge in [-0.25, -0.2) is 0 Å². The van der Waals surface area contributed by atoms with Gasteiger partial charge in [0.1, 0.15) is 0 Å². The average molecular weight is 372 g/mol. The van der Waals surface area contributed by atoms with Crippen molar-refractivity contribution in [3.05, 3.63) is 57.1 Å². The summed E-state index contributed by atoms with van der Waals surface area (Å²) in [5.41, 5.74) is 2.45. The molecule has 0 unspecified atom stereocenters. The van der Waals surface area contributed by atoms with Crippen LogP contribution in [0.25, 0.3) is 11.4 Å². The highest BCUT2D eigenvalue weighted by atomic mass is 35.5. The van der Waals surface area contributed by atoms with Gasteiger partial charge in [0, 0.05) is 28.0 Å². The molecule has 1 aromatic carbocycles. The van der Waals surface area contributed by atoms with Gasteiger partial charge in [0.05, 0.1) is 6.54 Å². The van der Waals surface area contributed by atoms with Crippen LogP contribution in [0.1, 0.15) is 35.2 Å². The molecule has 3 heterocycles. The van der Waals surface area contributed by atoms with Gasteiger partial charge in [0.15, 0.2) is 0 Å². The Bertz CT molecular complexity index is 884. The van der Waals surface area contributed by atoms with Crippen LogP contribution in [0, 0.1) is 5.92 Å². The maximum atomic E-state index is 5.95. The van der Waals surface area contributed by atoms with Crippen molar-refractivity contribution in [2.24, 2.45) is 5.92 Å². The van der Waals surface area contributed by atoms with E-state index in [0.717, 1.165) is 31.0 Å². The summed E-state index contributed by atoms with van der Waals surface area (Å²) in [4.78, 5) is 8.68. The molecule has 5 rings (SSSR count). The fourth-order valence-corrected chi connectivity index (χ4v) is 4.79. The highest BCUT2D eigenvalue weighted by Crippen LogP contribution is 2.48. The van der Waals surface area contributed by atoms with Crippen LogP contribution in [0.5, 0.6) is 0 Å². The van der Waals surface area contributed by atoms with Gasteiger partial charge in [-0.15, -0.1) is 11.3 Å². The van der Waals surface area contributed by atoms with Crippen LogP contribution in [0.15, 0.2) is 40.2 Å². The molecule has 2 aromatic heterocycles. The summed E-state index contributed by atoms with van der Waals surface area (Å²) < 4.78 is 5.54. The smallest absolute Gasteiger partial charge is 0.241 e. The van der Waals surface area contributed by atoms with Gasteiger partial charge in [-0.1, -0.05) is 16.8 Å². The second kappa shape index (κ2) is 6.24. The van der Waals surface area contributed by atoms with E-state index in [9.17, 15) is 0 Å². The number of thiophene rings is 1. The zero-order chi connectivity index (χ0) is 16.8. The molecule has 1 saturated carbocycles. The zero-order valence-electron chi connectivity index (χ0n) is 13.7. The van der Waals surface area contributed by atoms with Gasteiger partial charge in [0.25, 0.3) is 0 Å². The van der Waals surface area contributed by atoms with Crippen molar-refractivity contribution < 1.29 is 4.52 Å². The van der Waals surface area contributed by atoms with E-state index in [1.54, 1.807) is 4.88 Å². The van der Waals surface area contributed by atoms with E-state index >= 15 is 0 Å². The zero-order valence-corrected chi connectivity index (χ0v) is 15.3. The van der Waals surface area contributed by atoms with Crippen LogP contribution >= 0.6 is 22.9 Å². The number of hydrogen-bond acceptors (Lipinski definition) is 5. The SMILES string of the molecule is Clc1ccc(-c2noc(CN3CCc4sccc4[C@H]3C3CC3)n2)cc1. The molecule has 2 aliphatic rings. The van der Waals surface area contributed by atoms with Crippen molar-refractivity contribution in [1.29, 1.82) is 0 Å². The van der Waals surface area contributed by atoms with Crippen LogP contribution < -0.4 is 0 Å². The van der Waals surface area contributed by atoms with Crippen molar-refractivity contribution in [2.75, 3.05) is 6.54 Å². The molecular weight excluding hydrogens is 354 g/mol. The van der Waals surface area contributed by atoms with E-state index in [1.165, 1.54) is 18.4 Å². The summed E-state index contributed by atoms with van der Waals surface area (Å²) in [5.74, 6) is 2.10. The minimum absolute atomic E-state index is 0.515. The second-order valence-corrected chi connectivity index (χ2v) is 8.26. The van der Waals surface area contributed by atoms with E-state index in [4.69, 9.17) is 16.1 Å². The Morgan fingerprint density at radius 3 is 2.84 bits per heavy atom. The summed E-state index contributed by atoms with van der Waals surface area (Å²) in [6.45, 7) is 1.78. The maximum Gasteiger partial charge on any atom is 0.241 e. The van der Waals surface area contributed by atoms with Gasteiger partial charge >= 0.3 is 0 Å². The lowest BCUT2D eigenvalue weighted by atomic mass is 9.96. The van der Waals surface area contributed by atoms with E-state index in [0.29, 0.717) is 22.8 Å². The molecule has 0 amide bonds. The summed E-state index contributed by atoms with van der Waals surface area (Å²) >= 11 is 7.84. The molecule has 1 atom stereocenters. The summed E-state index contributed by atoms with van der Waals surface area (Å²) in [6, 6.07) is 10.4. The second-order valence-electron chi connectivity index (χ2n) is 6.82. The normalized spacial score (nSPS) is 20.6. The number of halogens is 1. The Morgan fingerprint density at radius 1 is 1.20 bits per heavy atom. The lowest BCUT2D eigenvalue weighted by molar-refractivity contribution is 0.139. The van der Waals surface area contributed by atoms with Gasteiger partial charge in [-0.3, -0.25) is 4.90 Å². The average Bonchev–Trinajstić information content (AvgIpc) is 3.15. The number of hydrogen-bond donors (Lipinski definition) is 0. The Hall–Kier alpha value is -1.69. The summed E-state index contributed by atoms with van der Waals surface area (Å²) in [5, 5.41) is 7.09. The predicted molar refractivity (Wildman–Crippen MR) is 98.6 cm³/mol. The third-order valence-electron chi connectivity index (χ3n) is 5.10. The molecule has 1 aliphatic heterocycles. The third kappa shape index (κ3) is 3.01. The number of benzene rings is 1. The van der Waals surface area contributed by atoms with E-state index in [2.05, 4.69) is 26.5 Å². The Balaban J connectivity index is 1.38. The molecule has 3 aromatic rings. The molecule has 4 nitrogen and oxygen atoms in total. The standard InChI is InChI=1S/C19H18ClN3OS/c20-14-5-3-13(4-6-14)19-21-17(24-22-19)11-23-9-7-16-15(8-10-25-16)18(23)12-1-2-12/h3-6,8,10,12,18H,1-2,7,9,11H2/t18-/m1/s1. The van der Waals surface area contributed by atoms with Crippen molar-refractivity contribution in [3.8, 4) is 11.4 Å². The largest absolute Gasteiger partial charge is 0.338 e. The molecule has 0 N–H and O–H groups in total. The summed E-state index contributed by atoms with van der Waals surface area (Å²) in [7, 11) is 0. The van der Waals surface area contributed by atoms with Crippen LogP contribution in [0.4, 0.5) is 0 Å². The fourth-order valence-electron chi connectivity index (χ4n) is 3.75. The van der Waals surface area contributed by atoms with E-state index in [1.807, 2.05) is 35.6 Å². The first-order chi connectivity index (χ1) is 12.3. The summed E-state index contributed by atoms with van der Waals surface area (Å²) in [6.07, 6.45) is 3.78. The minimum Gasteiger partial charge on any atom is -0.338 e. The molecule has 6 heteroatoms. The number of nitrogens with zero attached hydrogens (tertiary/aromatic N) is 3. The topological polar surface area (TPSA) is 42.2 Å².